The van der Waals surface area contributed by atoms with Crippen LogP contribution in [0.25, 0.3) is 77.4 Å². The second kappa shape index (κ2) is 12.6. The van der Waals surface area contributed by atoms with Gasteiger partial charge in [-0.05, 0) is 80.1 Å². The monoisotopic (exact) mass is 700 g/mol. The first-order chi connectivity index (χ1) is 26.1. The van der Waals surface area contributed by atoms with Crippen LogP contribution in [0.4, 0.5) is 5.69 Å². The number of aromatic nitrogens is 3. The molecular formula is C47H32N4OS. The number of nitrogens with zero attached hydrogens (tertiary/aromatic N) is 3. The first kappa shape index (κ1) is 31.3. The first-order valence-electron chi connectivity index (χ1n) is 17.7. The fraction of sp³-hybridized carbons (Fsp3) is 0.0426. The molecule has 2 N–H and O–H groups in total. The summed E-state index contributed by atoms with van der Waals surface area (Å²) in [7, 11) is 0. The van der Waals surface area contributed by atoms with E-state index in [0.29, 0.717) is 23.1 Å². The van der Waals surface area contributed by atoms with E-state index < -0.39 is 0 Å². The molecule has 1 atom stereocenters. The summed E-state index contributed by atoms with van der Waals surface area (Å²) in [5.74, 6) is 2.68. The van der Waals surface area contributed by atoms with Crippen LogP contribution in [0.15, 0.2) is 156 Å². The lowest BCUT2D eigenvalue weighted by molar-refractivity contribution is 0.606. The van der Waals surface area contributed by atoms with E-state index in [4.69, 9.17) is 37.7 Å². The van der Waals surface area contributed by atoms with Crippen LogP contribution in [0.2, 0.25) is 0 Å². The Bertz CT molecular complexity index is 2910. The normalized spacial score (nSPS) is 14.1. The lowest BCUT2D eigenvalue weighted by atomic mass is 9.78. The number of nitrogen functional groups attached to an aromatic ring is 1. The van der Waals surface area contributed by atoms with Crippen molar-refractivity contribution in [2.45, 2.75) is 12.3 Å². The molecule has 7 aromatic carbocycles. The minimum Gasteiger partial charge on any atom is -0.454 e. The number of furan rings is 1. The van der Waals surface area contributed by atoms with Gasteiger partial charge in [-0.1, -0.05) is 133 Å². The summed E-state index contributed by atoms with van der Waals surface area (Å²) in [6.07, 6.45) is 2.73. The van der Waals surface area contributed by atoms with Crippen molar-refractivity contribution in [3.8, 4) is 33.9 Å². The number of hydrogen-bond acceptors (Lipinski definition) is 6. The third-order valence-corrected chi connectivity index (χ3v) is 10.8. The molecule has 0 spiro atoms. The second-order valence-electron chi connectivity index (χ2n) is 13.6. The van der Waals surface area contributed by atoms with Crippen LogP contribution in [-0.2, 0) is 6.42 Å². The maximum absolute atomic E-state index is 6.66. The molecular weight excluding hydrogens is 669 g/mol. The number of nitrogens with two attached hydrogens (primary N) is 1. The third kappa shape index (κ3) is 5.47. The van der Waals surface area contributed by atoms with Crippen LogP contribution in [0.1, 0.15) is 34.2 Å². The summed E-state index contributed by atoms with van der Waals surface area (Å²) in [5.41, 5.74) is 15.9. The van der Waals surface area contributed by atoms with Crippen molar-refractivity contribution >= 4 is 61.8 Å². The molecule has 1 aliphatic carbocycles. The molecule has 1 unspecified atom stereocenters. The van der Waals surface area contributed by atoms with Gasteiger partial charge in [0.25, 0.3) is 0 Å². The average Bonchev–Trinajstić information content (AvgIpc) is 3.54. The summed E-state index contributed by atoms with van der Waals surface area (Å²) < 4.78 is 6.21. The molecule has 6 heteroatoms. The van der Waals surface area contributed by atoms with Crippen molar-refractivity contribution in [3.63, 3.8) is 0 Å². The number of anilines is 1. The third-order valence-electron chi connectivity index (χ3n) is 10.4. The van der Waals surface area contributed by atoms with Crippen LogP contribution < -0.4 is 5.73 Å². The molecule has 10 rings (SSSR count). The van der Waals surface area contributed by atoms with Gasteiger partial charge in [0.05, 0.1) is 11.1 Å². The molecule has 9 aromatic rings. The lowest BCUT2D eigenvalue weighted by Crippen LogP contribution is -2.16. The van der Waals surface area contributed by atoms with E-state index in [-0.39, 0.29) is 5.92 Å². The fourth-order valence-corrected chi connectivity index (χ4v) is 7.99. The zero-order valence-electron chi connectivity index (χ0n) is 28.6. The Morgan fingerprint density at radius 3 is 2.23 bits per heavy atom. The van der Waals surface area contributed by atoms with Crippen LogP contribution in [0.5, 0.6) is 0 Å². The number of hydrogen-bond donors (Lipinski definition) is 2. The summed E-state index contributed by atoms with van der Waals surface area (Å²) >= 11 is 4.90. The SMILES string of the molecule is Nc1c(/C=C(\S)c2ccc3cc(-c4nc(-c5ccccc5)nc(C5Cc6ccccc6-c6ccccc65)n4)ccc3c2)oc2ccc3ccccc3c12. The van der Waals surface area contributed by atoms with E-state index in [0.717, 1.165) is 66.4 Å². The summed E-state index contributed by atoms with van der Waals surface area (Å²) in [5, 5.41) is 5.27. The fourth-order valence-electron chi connectivity index (χ4n) is 7.73. The summed E-state index contributed by atoms with van der Waals surface area (Å²) in [6.45, 7) is 0. The van der Waals surface area contributed by atoms with E-state index >= 15 is 0 Å². The van der Waals surface area contributed by atoms with Gasteiger partial charge in [-0.2, -0.15) is 0 Å². The molecule has 0 saturated heterocycles. The number of thiol groups is 1. The van der Waals surface area contributed by atoms with Crippen molar-refractivity contribution < 1.29 is 4.42 Å². The molecule has 2 heterocycles. The van der Waals surface area contributed by atoms with E-state index in [9.17, 15) is 0 Å². The molecule has 0 bridgehead atoms. The highest BCUT2D eigenvalue weighted by Gasteiger charge is 2.29. The lowest BCUT2D eigenvalue weighted by Gasteiger charge is -2.27. The second-order valence-corrected chi connectivity index (χ2v) is 14.0. The highest BCUT2D eigenvalue weighted by atomic mass is 32.1. The molecule has 5 nitrogen and oxygen atoms in total. The number of benzene rings is 7. The van der Waals surface area contributed by atoms with Gasteiger partial charge in [0.15, 0.2) is 17.4 Å². The van der Waals surface area contributed by atoms with Crippen molar-refractivity contribution in [3.05, 3.63) is 180 Å². The predicted octanol–water partition coefficient (Wildman–Crippen LogP) is 11.6. The van der Waals surface area contributed by atoms with Gasteiger partial charge in [0.2, 0.25) is 0 Å². The Balaban J connectivity index is 1.03. The Kier molecular flexibility index (Phi) is 7.44. The van der Waals surface area contributed by atoms with Crippen LogP contribution in [0, 0.1) is 0 Å². The molecule has 2 aromatic heterocycles. The zero-order chi connectivity index (χ0) is 35.5. The van der Waals surface area contributed by atoms with Gasteiger partial charge in [-0.3, -0.25) is 0 Å². The van der Waals surface area contributed by atoms with Crippen molar-refractivity contribution in [2.24, 2.45) is 0 Å². The van der Waals surface area contributed by atoms with E-state index in [1.54, 1.807) is 0 Å². The molecule has 0 radical (unpaired) electrons. The van der Waals surface area contributed by atoms with Gasteiger partial charge in [-0.25, -0.2) is 15.0 Å². The standard InChI is InChI=1S/C47H32N4OS/c48-44-41(52-40-23-22-28-10-4-7-15-36(28)43(40)44)27-42(53)33-20-18-31-25-34(21-19-30(31)24-33)46-49-45(29-11-2-1-3-12-29)50-47(51-46)39-26-32-13-5-6-14-35(32)37-16-8-9-17-38(37)39/h1-25,27,39,53H,26,48H2/b42-27-. The average molecular weight is 701 g/mol. The molecule has 0 fully saturated rings. The van der Waals surface area contributed by atoms with Gasteiger partial charge >= 0.3 is 0 Å². The van der Waals surface area contributed by atoms with Crippen molar-refractivity contribution in [1.82, 2.24) is 15.0 Å². The molecule has 1 aliphatic rings. The summed E-state index contributed by atoms with van der Waals surface area (Å²) in [4.78, 5) is 16.1. The van der Waals surface area contributed by atoms with E-state index in [1.165, 1.54) is 22.3 Å². The maximum Gasteiger partial charge on any atom is 0.163 e. The van der Waals surface area contributed by atoms with E-state index in [2.05, 4.69) is 115 Å². The Hall–Kier alpha value is -6.50. The minimum atomic E-state index is -0.00608. The molecule has 252 valence electrons. The predicted molar refractivity (Wildman–Crippen MR) is 221 cm³/mol. The van der Waals surface area contributed by atoms with Crippen molar-refractivity contribution in [2.75, 3.05) is 5.73 Å². The topological polar surface area (TPSA) is 77.8 Å². The summed E-state index contributed by atoms with van der Waals surface area (Å²) in [6, 6.07) is 52.4. The highest BCUT2D eigenvalue weighted by Crippen LogP contribution is 2.42. The Morgan fingerprint density at radius 2 is 1.34 bits per heavy atom. The zero-order valence-corrected chi connectivity index (χ0v) is 29.5. The van der Waals surface area contributed by atoms with Gasteiger partial charge < -0.3 is 10.2 Å². The smallest absolute Gasteiger partial charge is 0.163 e. The van der Waals surface area contributed by atoms with Crippen LogP contribution >= 0.6 is 12.6 Å². The first-order valence-corrected chi connectivity index (χ1v) is 18.2. The quantitative estimate of drug-likeness (QED) is 0.175. The maximum atomic E-state index is 6.66. The highest BCUT2D eigenvalue weighted by molar-refractivity contribution is 7.90. The van der Waals surface area contributed by atoms with Crippen molar-refractivity contribution in [1.29, 1.82) is 0 Å². The molecule has 0 amide bonds. The van der Waals surface area contributed by atoms with Gasteiger partial charge in [0.1, 0.15) is 11.4 Å². The Labute approximate surface area is 311 Å². The molecule has 53 heavy (non-hydrogen) atoms. The Morgan fingerprint density at radius 1 is 0.642 bits per heavy atom. The van der Waals surface area contributed by atoms with Gasteiger partial charge in [-0.15, -0.1) is 12.6 Å². The molecule has 0 aliphatic heterocycles. The van der Waals surface area contributed by atoms with Crippen LogP contribution in [-0.4, -0.2) is 15.0 Å². The van der Waals surface area contributed by atoms with E-state index in [1.807, 2.05) is 42.5 Å². The minimum absolute atomic E-state index is 0.00608. The number of fused-ring (bicyclic) bond motifs is 7. The number of rotatable bonds is 5. The van der Waals surface area contributed by atoms with Gasteiger partial charge in [0, 0.05) is 21.9 Å². The molecule has 0 saturated carbocycles. The van der Waals surface area contributed by atoms with Crippen LogP contribution in [0.3, 0.4) is 0 Å². The largest absolute Gasteiger partial charge is 0.454 e.